The third-order valence-corrected chi connectivity index (χ3v) is 4.41. The number of thioether (sulfide) groups is 1. The van der Waals surface area contributed by atoms with Crippen LogP contribution in [0.25, 0.3) is 0 Å². The summed E-state index contributed by atoms with van der Waals surface area (Å²) in [6.07, 6.45) is 3.72. The fourth-order valence-electron chi connectivity index (χ4n) is 2.06. The topological polar surface area (TPSA) is 92.9 Å². The zero-order chi connectivity index (χ0) is 14.5. The summed E-state index contributed by atoms with van der Waals surface area (Å²) in [5.74, 6) is 8.19. The highest BCUT2D eigenvalue weighted by Gasteiger charge is 2.21. The second-order valence-corrected chi connectivity index (χ2v) is 6.33. The zero-order valence-electron chi connectivity index (χ0n) is 11.8. The fourth-order valence-corrected chi connectivity index (χ4v) is 3.13. The summed E-state index contributed by atoms with van der Waals surface area (Å²) in [5, 5.41) is 3.03. The molecule has 2 heterocycles. The number of carbonyl (C=O) groups is 1. The van der Waals surface area contributed by atoms with E-state index in [4.69, 9.17) is 5.84 Å². The molecule has 1 aromatic rings. The van der Waals surface area contributed by atoms with Crippen LogP contribution in [0.2, 0.25) is 0 Å². The van der Waals surface area contributed by atoms with Crippen LogP contribution in [-0.4, -0.2) is 33.4 Å². The van der Waals surface area contributed by atoms with E-state index in [0.29, 0.717) is 17.2 Å². The smallest absolute Gasteiger partial charge is 0.272 e. The maximum atomic E-state index is 12.4. The Balaban J connectivity index is 2.16. The minimum absolute atomic E-state index is 0.165. The molecule has 20 heavy (non-hydrogen) atoms. The number of hydrazine groups is 1. The van der Waals surface area contributed by atoms with E-state index in [-0.39, 0.29) is 17.9 Å². The van der Waals surface area contributed by atoms with Crippen molar-refractivity contribution < 1.29 is 4.79 Å². The Hall–Kier alpha value is -1.34. The molecule has 0 saturated carbocycles. The first-order chi connectivity index (χ1) is 9.61. The Morgan fingerprint density at radius 3 is 2.95 bits per heavy atom. The van der Waals surface area contributed by atoms with Crippen LogP contribution >= 0.6 is 11.8 Å². The second-order valence-electron chi connectivity index (χ2n) is 5.18. The van der Waals surface area contributed by atoms with Gasteiger partial charge in [0, 0.05) is 17.7 Å². The van der Waals surface area contributed by atoms with E-state index in [1.165, 1.54) is 5.75 Å². The Labute approximate surface area is 123 Å². The third-order valence-electron chi connectivity index (χ3n) is 3.19. The summed E-state index contributed by atoms with van der Waals surface area (Å²) in [7, 11) is 0. The molecule has 1 aromatic heterocycles. The molecule has 1 aliphatic heterocycles. The largest absolute Gasteiger partial charge is 0.347 e. The van der Waals surface area contributed by atoms with Gasteiger partial charge in [0.2, 0.25) is 0 Å². The van der Waals surface area contributed by atoms with Crippen molar-refractivity contribution in [2.24, 2.45) is 5.84 Å². The van der Waals surface area contributed by atoms with Crippen molar-refractivity contribution >= 4 is 23.4 Å². The molecule has 6 nitrogen and oxygen atoms in total. The monoisotopic (exact) mass is 295 g/mol. The molecular weight excluding hydrogens is 274 g/mol. The maximum absolute atomic E-state index is 12.4. The van der Waals surface area contributed by atoms with E-state index >= 15 is 0 Å². The van der Waals surface area contributed by atoms with Crippen molar-refractivity contribution in [3.8, 4) is 0 Å². The van der Waals surface area contributed by atoms with Gasteiger partial charge in [-0.15, -0.1) is 0 Å². The highest BCUT2D eigenvalue weighted by atomic mass is 32.2. The van der Waals surface area contributed by atoms with Crippen LogP contribution in [0, 0.1) is 0 Å². The number of nitrogen functional groups attached to an aromatic ring is 1. The van der Waals surface area contributed by atoms with Gasteiger partial charge in [0.05, 0.1) is 11.9 Å². The van der Waals surface area contributed by atoms with Gasteiger partial charge in [0.15, 0.2) is 5.69 Å². The van der Waals surface area contributed by atoms with Crippen molar-refractivity contribution in [1.29, 1.82) is 0 Å². The number of anilines is 1. The number of amides is 1. The van der Waals surface area contributed by atoms with Crippen molar-refractivity contribution in [2.45, 2.75) is 38.6 Å². The molecule has 1 amide bonds. The highest BCUT2D eigenvalue weighted by molar-refractivity contribution is 7.99. The maximum Gasteiger partial charge on any atom is 0.272 e. The first kappa shape index (κ1) is 15.1. The molecule has 1 unspecified atom stereocenters. The molecular formula is C13H21N5OS. The zero-order valence-corrected chi connectivity index (χ0v) is 12.7. The van der Waals surface area contributed by atoms with E-state index in [9.17, 15) is 4.79 Å². The van der Waals surface area contributed by atoms with Gasteiger partial charge in [-0.2, -0.15) is 11.8 Å². The lowest BCUT2D eigenvalue weighted by atomic mass is 10.1. The number of nitrogens with two attached hydrogens (primary N) is 1. The number of rotatable bonds is 4. The van der Waals surface area contributed by atoms with Gasteiger partial charge in [-0.05, 0) is 18.6 Å². The van der Waals surface area contributed by atoms with Crippen LogP contribution in [0.5, 0.6) is 0 Å². The average Bonchev–Trinajstić information content (AvgIpc) is 2.47. The van der Waals surface area contributed by atoms with E-state index in [2.05, 4.69) is 20.7 Å². The molecule has 2 rings (SSSR count). The lowest BCUT2D eigenvalue weighted by Gasteiger charge is -2.22. The van der Waals surface area contributed by atoms with Crippen LogP contribution in [0.1, 0.15) is 48.9 Å². The molecule has 1 aliphatic rings. The van der Waals surface area contributed by atoms with Crippen LogP contribution in [-0.2, 0) is 0 Å². The number of aromatic nitrogens is 2. The van der Waals surface area contributed by atoms with Crippen LogP contribution in [0.15, 0.2) is 6.20 Å². The average molecular weight is 295 g/mol. The van der Waals surface area contributed by atoms with E-state index < -0.39 is 0 Å². The summed E-state index contributed by atoms with van der Waals surface area (Å²) in [5.41, 5.74) is 3.26. The molecule has 1 atom stereocenters. The van der Waals surface area contributed by atoms with Gasteiger partial charge in [-0.1, -0.05) is 13.8 Å². The molecule has 1 saturated heterocycles. The number of hydrogen-bond acceptors (Lipinski definition) is 6. The first-order valence-electron chi connectivity index (χ1n) is 6.84. The normalized spacial score (nSPS) is 18.9. The quantitative estimate of drug-likeness (QED) is 0.576. The van der Waals surface area contributed by atoms with Gasteiger partial charge in [0.1, 0.15) is 5.82 Å². The molecule has 0 bridgehead atoms. The molecule has 1 fully saturated rings. The highest BCUT2D eigenvalue weighted by Crippen LogP contribution is 2.19. The van der Waals surface area contributed by atoms with Gasteiger partial charge in [-0.25, -0.2) is 9.97 Å². The molecule has 0 aliphatic carbocycles. The summed E-state index contributed by atoms with van der Waals surface area (Å²) in [6, 6.07) is 0.212. The van der Waals surface area contributed by atoms with E-state index in [1.807, 2.05) is 25.6 Å². The molecule has 110 valence electrons. The van der Waals surface area contributed by atoms with Crippen LogP contribution in [0.3, 0.4) is 0 Å². The Bertz CT molecular complexity index is 474. The number of nitrogens with zero attached hydrogens (tertiary/aromatic N) is 2. The Morgan fingerprint density at radius 2 is 2.35 bits per heavy atom. The number of carbonyl (C=O) groups excluding carboxylic acids is 1. The van der Waals surface area contributed by atoms with Crippen molar-refractivity contribution in [3.05, 3.63) is 17.7 Å². The van der Waals surface area contributed by atoms with Gasteiger partial charge < -0.3 is 10.7 Å². The van der Waals surface area contributed by atoms with E-state index in [1.54, 1.807) is 6.20 Å². The predicted molar refractivity (Wildman–Crippen MR) is 81.7 cm³/mol. The first-order valence-corrected chi connectivity index (χ1v) is 7.99. The minimum atomic E-state index is -0.185. The lowest BCUT2D eigenvalue weighted by Crippen LogP contribution is -2.39. The lowest BCUT2D eigenvalue weighted by molar-refractivity contribution is 0.0934. The second kappa shape index (κ2) is 6.90. The molecule has 0 radical (unpaired) electrons. The minimum Gasteiger partial charge on any atom is -0.347 e. The van der Waals surface area contributed by atoms with Gasteiger partial charge >= 0.3 is 0 Å². The third kappa shape index (κ3) is 3.61. The molecule has 0 aromatic carbocycles. The summed E-state index contributed by atoms with van der Waals surface area (Å²) in [6.45, 7) is 3.98. The van der Waals surface area contributed by atoms with E-state index in [0.717, 1.165) is 18.6 Å². The molecule has 7 heteroatoms. The number of hydrogen-bond donors (Lipinski definition) is 3. The number of nitrogens with one attached hydrogen (secondary N) is 2. The van der Waals surface area contributed by atoms with Crippen molar-refractivity contribution in [1.82, 2.24) is 15.3 Å². The Kier molecular flexibility index (Phi) is 5.19. The van der Waals surface area contributed by atoms with Gasteiger partial charge in [-0.3, -0.25) is 10.6 Å². The van der Waals surface area contributed by atoms with Crippen molar-refractivity contribution in [2.75, 3.05) is 16.9 Å². The van der Waals surface area contributed by atoms with Crippen LogP contribution in [0.4, 0.5) is 5.69 Å². The predicted octanol–water partition coefficient (Wildman–Crippen LogP) is 1.51. The molecule has 4 N–H and O–H groups in total. The summed E-state index contributed by atoms with van der Waals surface area (Å²) in [4.78, 5) is 20.9. The fraction of sp³-hybridized carbons (Fsp3) is 0.615. The van der Waals surface area contributed by atoms with Crippen molar-refractivity contribution in [3.63, 3.8) is 0 Å². The Morgan fingerprint density at radius 1 is 1.55 bits per heavy atom. The summed E-state index contributed by atoms with van der Waals surface area (Å²) < 4.78 is 0. The molecule has 0 spiro atoms. The SMILES string of the molecule is CC(C)c1ncc(NN)c(C(=O)NC2CCCSC2)n1. The van der Waals surface area contributed by atoms with Gasteiger partial charge in [0.25, 0.3) is 5.91 Å². The standard InChI is InChI=1S/C13H21N5OS/c1-8(2)12-15-6-10(18-14)11(17-12)13(19)16-9-4-3-5-20-7-9/h6,8-9,18H,3-5,7,14H2,1-2H3,(H,16,19). The van der Waals surface area contributed by atoms with Crippen LogP contribution < -0.4 is 16.6 Å². The summed E-state index contributed by atoms with van der Waals surface area (Å²) >= 11 is 1.87.